The van der Waals surface area contributed by atoms with E-state index in [2.05, 4.69) is 17.1 Å². The molecule has 21 heavy (non-hydrogen) atoms. The molecule has 116 valence electrons. The SMILES string of the molecule is CCCN1CCC(Nc2c(F)cc(C(N)=S)cc2F)CC1. The Balaban J connectivity index is 2.02. The first-order valence-corrected chi connectivity index (χ1v) is 7.69. The molecule has 0 atom stereocenters. The van der Waals surface area contributed by atoms with Crippen molar-refractivity contribution in [1.82, 2.24) is 4.90 Å². The van der Waals surface area contributed by atoms with Crippen molar-refractivity contribution in [3.8, 4) is 0 Å². The summed E-state index contributed by atoms with van der Waals surface area (Å²) in [5.74, 6) is -1.29. The van der Waals surface area contributed by atoms with E-state index in [1.54, 1.807) is 0 Å². The first-order chi connectivity index (χ1) is 10.0. The lowest BCUT2D eigenvalue weighted by molar-refractivity contribution is 0.219. The number of hydrogen-bond acceptors (Lipinski definition) is 3. The first-order valence-electron chi connectivity index (χ1n) is 7.29. The van der Waals surface area contributed by atoms with Gasteiger partial charge in [0.25, 0.3) is 0 Å². The number of nitrogens with two attached hydrogens (primary N) is 1. The summed E-state index contributed by atoms with van der Waals surface area (Å²) in [4.78, 5) is 2.37. The standard InChI is InChI=1S/C15H21F2N3S/c1-2-5-20-6-3-11(4-7-20)19-14-12(16)8-10(15(18)21)9-13(14)17/h8-9,11,19H,2-7H2,1H3,(H2,18,21). The van der Waals surface area contributed by atoms with E-state index in [9.17, 15) is 8.78 Å². The molecular weight excluding hydrogens is 292 g/mol. The molecule has 1 aromatic rings. The summed E-state index contributed by atoms with van der Waals surface area (Å²) in [5.41, 5.74) is 5.53. The van der Waals surface area contributed by atoms with Gasteiger partial charge in [-0.2, -0.15) is 0 Å². The quantitative estimate of drug-likeness (QED) is 0.820. The van der Waals surface area contributed by atoms with Gasteiger partial charge in [0, 0.05) is 24.7 Å². The topological polar surface area (TPSA) is 41.3 Å². The number of benzene rings is 1. The second-order valence-electron chi connectivity index (χ2n) is 5.44. The highest BCUT2D eigenvalue weighted by molar-refractivity contribution is 7.80. The van der Waals surface area contributed by atoms with Crippen LogP contribution < -0.4 is 11.1 Å². The summed E-state index contributed by atoms with van der Waals surface area (Å²) in [7, 11) is 0. The molecule has 0 bridgehead atoms. The number of nitrogens with one attached hydrogen (secondary N) is 1. The fourth-order valence-electron chi connectivity index (χ4n) is 2.67. The second kappa shape index (κ2) is 7.13. The van der Waals surface area contributed by atoms with Crippen LogP contribution in [0, 0.1) is 11.6 Å². The van der Waals surface area contributed by atoms with Gasteiger partial charge >= 0.3 is 0 Å². The van der Waals surface area contributed by atoms with Gasteiger partial charge in [0.2, 0.25) is 0 Å². The van der Waals surface area contributed by atoms with Crippen molar-refractivity contribution in [2.24, 2.45) is 5.73 Å². The fourth-order valence-corrected chi connectivity index (χ4v) is 2.79. The molecule has 0 aliphatic carbocycles. The Morgan fingerprint density at radius 1 is 1.33 bits per heavy atom. The van der Waals surface area contributed by atoms with E-state index in [0.717, 1.165) is 38.9 Å². The van der Waals surface area contributed by atoms with Crippen LogP contribution in [0.4, 0.5) is 14.5 Å². The number of thiocarbonyl (C=S) groups is 1. The predicted molar refractivity (Wildman–Crippen MR) is 85.6 cm³/mol. The van der Waals surface area contributed by atoms with Crippen molar-refractivity contribution in [1.29, 1.82) is 0 Å². The molecule has 3 nitrogen and oxygen atoms in total. The van der Waals surface area contributed by atoms with Gasteiger partial charge in [-0.25, -0.2) is 8.78 Å². The zero-order chi connectivity index (χ0) is 15.4. The molecule has 0 spiro atoms. The number of likely N-dealkylation sites (tertiary alicyclic amines) is 1. The minimum atomic E-state index is -0.645. The minimum absolute atomic E-state index is 0.00720. The third kappa shape index (κ3) is 4.11. The summed E-state index contributed by atoms with van der Waals surface area (Å²) in [6, 6.07) is 2.46. The Kier molecular flexibility index (Phi) is 5.47. The molecule has 1 fully saturated rings. The summed E-state index contributed by atoms with van der Waals surface area (Å²) in [5, 5.41) is 2.99. The molecule has 1 heterocycles. The highest BCUT2D eigenvalue weighted by Gasteiger charge is 2.21. The zero-order valence-corrected chi connectivity index (χ0v) is 13.0. The molecule has 3 N–H and O–H groups in total. The molecule has 1 aliphatic rings. The molecule has 0 unspecified atom stereocenters. The van der Waals surface area contributed by atoms with Crippen molar-refractivity contribution >= 4 is 22.9 Å². The van der Waals surface area contributed by atoms with Gasteiger partial charge in [-0.3, -0.25) is 0 Å². The zero-order valence-electron chi connectivity index (χ0n) is 12.2. The molecule has 1 saturated heterocycles. The molecule has 1 aromatic carbocycles. The van der Waals surface area contributed by atoms with Crippen molar-refractivity contribution in [3.63, 3.8) is 0 Å². The largest absolute Gasteiger partial charge is 0.389 e. The maximum absolute atomic E-state index is 14.0. The van der Waals surface area contributed by atoms with Crippen LogP contribution in [-0.2, 0) is 0 Å². The third-order valence-corrected chi connectivity index (χ3v) is 4.04. The molecule has 0 saturated carbocycles. The van der Waals surface area contributed by atoms with Crippen LogP contribution in [0.3, 0.4) is 0 Å². The number of rotatable bonds is 5. The summed E-state index contributed by atoms with van der Waals surface area (Å²) in [6.07, 6.45) is 2.90. The molecule has 2 rings (SSSR count). The van der Waals surface area contributed by atoms with E-state index in [1.807, 2.05) is 0 Å². The van der Waals surface area contributed by atoms with Gasteiger partial charge < -0.3 is 16.0 Å². The van der Waals surface area contributed by atoms with Crippen LogP contribution in [0.25, 0.3) is 0 Å². The number of halogens is 2. The Morgan fingerprint density at radius 3 is 2.38 bits per heavy atom. The first kappa shape index (κ1) is 16.1. The van der Waals surface area contributed by atoms with Crippen molar-refractivity contribution in [2.75, 3.05) is 25.0 Å². The van der Waals surface area contributed by atoms with Crippen molar-refractivity contribution in [3.05, 3.63) is 29.3 Å². The van der Waals surface area contributed by atoms with Crippen LogP contribution >= 0.6 is 12.2 Å². The molecule has 1 aliphatic heterocycles. The molecule has 6 heteroatoms. The highest BCUT2D eigenvalue weighted by atomic mass is 32.1. The Labute approximate surface area is 129 Å². The number of piperidine rings is 1. The van der Waals surface area contributed by atoms with Crippen LogP contribution in [0.5, 0.6) is 0 Å². The maximum atomic E-state index is 14.0. The highest BCUT2D eigenvalue weighted by Crippen LogP contribution is 2.24. The molecular formula is C15H21F2N3S. The lowest BCUT2D eigenvalue weighted by Gasteiger charge is -2.32. The van der Waals surface area contributed by atoms with E-state index in [0.29, 0.717) is 0 Å². The summed E-state index contributed by atoms with van der Waals surface area (Å²) < 4.78 is 28.0. The number of nitrogens with zero attached hydrogens (tertiary/aromatic N) is 1. The Morgan fingerprint density at radius 2 is 1.90 bits per heavy atom. The third-order valence-electron chi connectivity index (χ3n) is 3.80. The Bertz CT molecular complexity index is 491. The summed E-state index contributed by atoms with van der Waals surface area (Å²) >= 11 is 4.74. The number of hydrogen-bond donors (Lipinski definition) is 2. The molecule has 0 amide bonds. The van der Waals surface area contributed by atoms with Gasteiger partial charge in [0.15, 0.2) is 0 Å². The van der Waals surface area contributed by atoms with Gasteiger partial charge in [-0.15, -0.1) is 0 Å². The van der Waals surface area contributed by atoms with Gasteiger partial charge in [0.1, 0.15) is 22.3 Å². The average molecular weight is 313 g/mol. The lowest BCUT2D eigenvalue weighted by Crippen LogP contribution is -2.39. The summed E-state index contributed by atoms with van der Waals surface area (Å²) in [6.45, 7) is 5.15. The van der Waals surface area contributed by atoms with Crippen LogP contribution in [0.2, 0.25) is 0 Å². The van der Waals surface area contributed by atoms with E-state index in [1.165, 1.54) is 12.1 Å². The van der Waals surface area contributed by atoms with Gasteiger partial charge in [-0.05, 0) is 37.9 Å². The van der Waals surface area contributed by atoms with E-state index in [-0.39, 0.29) is 22.3 Å². The maximum Gasteiger partial charge on any atom is 0.150 e. The average Bonchev–Trinajstić information content (AvgIpc) is 2.44. The van der Waals surface area contributed by atoms with Crippen molar-refractivity contribution < 1.29 is 8.78 Å². The lowest BCUT2D eigenvalue weighted by atomic mass is 10.0. The van der Waals surface area contributed by atoms with Gasteiger partial charge in [-0.1, -0.05) is 19.1 Å². The number of anilines is 1. The fraction of sp³-hybridized carbons (Fsp3) is 0.533. The predicted octanol–water partition coefficient (Wildman–Crippen LogP) is 2.89. The van der Waals surface area contributed by atoms with Crippen LogP contribution in [0.1, 0.15) is 31.7 Å². The van der Waals surface area contributed by atoms with Gasteiger partial charge in [0.05, 0.1) is 0 Å². The molecule has 0 radical (unpaired) electrons. The van der Waals surface area contributed by atoms with Crippen LogP contribution in [0.15, 0.2) is 12.1 Å². The van der Waals surface area contributed by atoms with E-state index >= 15 is 0 Å². The normalized spacial score (nSPS) is 16.9. The smallest absolute Gasteiger partial charge is 0.150 e. The van der Waals surface area contributed by atoms with E-state index < -0.39 is 11.6 Å². The minimum Gasteiger partial charge on any atom is -0.389 e. The Hall–Kier alpha value is -1.27. The second-order valence-corrected chi connectivity index (χ2v) is 5.88. The monoisotopic (exact) mass is 313 g/mol. The van der Waals surface area contributed by atoms with E-state index in [4.69, 9.17) is 18.0 Å². The molecule has 0 aromatic heterocycles. The van der Waals surface area contributed by atoms with Crippen LogP contribution in [-0.4, -0.2) is 35.6 Å². The van der Waals surface area contributed by atoms with Crippen molar-refractivity contribution in [2.45, 2.75) is 32.2 Å².